The lowest BCUT2D eigenvalue weighted by Gasteiger charge is -2.16. The normalized spacial score (nSPS) is 11.6. The Morgan fingerprint density at radius 3 is 2.39 bits per heavy atom. The van der Waals surface area contributed by atoms with E-state index >= 15 is 0 Å². The van der Waals surface area contributed by atoms with Crippen molar-refractivity contribution in [1.29, 1.82) is 0 Å². The van der Waals surface area contributed by atoms with Gasteiger partial charge < -0.3 is 15.8 Å². The maximum absolute atomic E-state index is 13.6. The molecule has 0 radical (unpaired) electrons. The lowest BCUT2D eigenvalue weighted by molar-refractivity contribution is -0.140. The fourth-order valence-corrected chi connectivity index (χ4v) is 4.82. The summed E-state index contributed by atoms with van der Waals surface area (Å²) in [4.78, 5) is 25.3. The van der Waals surface area contributed by atoms with Gasteiger partial charge in [-0.15, -0.1) is 0 Å². The van der Waals surface area contributed by atoms with Gasteiger partial charge in [-0.1, -0.05) is 53.5 Å². The molecule has 3 aromatic heterocycles. The number of nitrogens with zero attached hydrogens (tertiary/aromatic N) is 5. The smallest absolute Gasteiger partial charge is 0.433 e. The molecule has 14 heteroatoms. The van der Waals surface area contributed by atoms with Gasteiger partial charge in [0.15, 0.2) is 0 Å². The first-order chi connectivity index (χ1) is 19.5. The zero-order valence-corrected chi connectivity index (χ0v) is 22.9. The maximum Gasteiger partial charge on any atom is 0.433 e. The number of ether oxygens (including phenoxy) is 1. The van der Waals surface area contributed by atoms with Crippen LogP contribution in [0.1, 0.15) is 11.4 Å². The Labute approximate surface area is 240 Å². The first-order valence-corrected chi connectivity index (χ1v) is 12.7. The highest BCUT2D eigenvalue weighted by Crippen LogP contribution is 2.42. The van der Waals surface area contributed by atoms with E-state index in [1.165, 1.54) is 26.6 Å². The molecule has 0 saturated heterocycles. The Kier molecular flexibility index (Phi) is 7.56. The molecule has 0 aliphatic rings. The van der Waals surface area contributed by atoms with Gasteiger partial charge in [-0.3, -0.25) is 9.78 Å². The third-order valence-corrected chi connectivity index (χ3v) is 7.05. The first-order valence-electron chi connectivity index (χ1n) is 11.9. The van der Waals surface area contributed by atoms with Crippen LogP contribution in [0, 0.1) is 0 Å². The molecule has 0 bridgehead atoms. The number of benzene rings is 2. The van der Waals surface area contributed by atoms with Crippen LogP contribution in [0.15, 0.2) is 59.7 Å². The third-order valence-electron chi connectivity index (χ3n) is 6.23. The standard InChI is InChI=1S/C27H20Cl2F3N7O2/c1-39-26(40)21-13(11-35-39)9-20(27(30,31)32)38-24(21)36-17-8-4-6-15(23(17)29)14-5-3-7-16(22(14)28)19-12-34-18(10-33)25(37-19)41-2/h3-9,11-12H,10,33H2,1-2H3,(H,36,38). The molecule has 0 fully saturated rings. The molecule has 5 aromatic rings. The minimum atomic E-state index is -4.76. The molecule has 9 nitrogen and oxygen atoms in total. The average Bonchev–Trinajstić information content (AvgIpc) is 2.95. The highest BCUT2D eigenvalue weighted by molar-refractivity contribution is 6.39. The van der Waals surface area contributed by atoms with Crippen molar-refractivity contribution in [2.45, 2.75) is 12.7 Å². The first kappa shape index (κ1) is 28.3. The summed E-state index contributed by atoms with van der Waals surface area (Å²) in [5.41, 5.74) is 6.50. The monoisotopic (exact) mass is 601 g/mol. The fraction of sp³-hybridized carbons (Fsp3) is 0.148. The summed E-state index contributed by atoms with van der Waals surface area (Å²) in [5, 5.41) is 6.97. The van der Waals surface area contributed by atoms with E-state index < -0.39 is 17.4 Å². The van der Waals surface area contributed by atoms with Crippen molar-refractivity contribution in [1.82, 2.24) is 24.7 Å². The number of hydrogen-bond acceptors (Lipinski definition) is 8. The molecule has 3 heterocycles. The van der Waals surface area contributed by atoms with Gasteiger partial charge in [0, 0.05) is 35.7 Å². The van der Waals surface area contributed by atoms with Crippen molar-refractivity contribution in [3.8, 4) is 28.3 Å². The minimum absolute atomic E-state index is 0.0295. The van der Waals surface area contributed by atoms with E-state index in [0.717, 1.165) is 10.7 Å². The number of nitrogens with one attached hydrogen (secondary N) is 1. The van der Waals surface area contributed by atoms with Crippen molar-refractivity contribution in [2.75, 3.05) is 12.4 Å². The van der Waals surface area contributed by atoms with Crippen LogP contribution < -0.4 is 21.3 Å². The lowest BCUT2D eigenvalue weighted by atomic mass is 10.0. The second-order valence-electron chi connectivity index (χ2n) is 8.77. The van der Waals surface area contributed by atoms with Gasteiger partial charge >= 0.3 is 6.18 Å². The number of rotatable bonds is 6. The number of halogens is 5. The van der Waals surface area contributed by atoms with Gasteiger partial charge in [0.2, 0.25) is 5.88 Å². The van der Waals surface area contributed by atoms with Crippen LogP contribution >= 0.6 is 23.2 Å². The Bertz CT molecular complexity index is 1860. The third kappa shape index (κ3) is 5.29. The van der Waals surface area contributed by atoms with Gasteiger partial charge in [-0.2, -0.15) is 18.3 Å². The quantitative estimate of drug-likeness (QED) is 0.243. The summed E-state index contributed by atoms with van der Waals surface area (Å²) in [6.45, 7) is 0.137. The Hall–Kier alpha value is -4.26. The van der Waals surface area contributed by atoms with Crippen LogP contribution in [0.2, 0.25) is 10.0 Å². The van der Waals surface area contributed by atoms with E-state index in [0.29, 0.717) is 33.1 Å². The number of alkyl halides is 3. The number of methoxy groups -OCH3 is 1. The molecule has 2 aromatic carbocycles. The van der Waals surface area contributed by atoms with Crippen LogP contribution in [0.25, 0.3) is 33.2 Å². The molecule has 0 atom stereocenters. The molecular weight excluding hydrogens is 582 g/mol. The molecule has 0 saturated carbocycles. The molecule has 210 valence electrons. The zero-order valence-electron chi connectivity index (χ0n) is 21.4. The predicted molar refractivity (Wildman–Crippen MR) is 150 cm³/mol. The van der Waals surface area contributed by atoms with Crippen LogP contribution in [0.4, 0.5) is 24.7 Å². The van der Waals surface area contributed by atoms with Crippen molar-refractivity contribution < 1.29 is 17.9 Å². The Morgan fingerprint density at radius 2 is 1.71 bits per heavy atom. The zero-order chi connectivity index (χ0) is 29.5. The van der Waals surface area contributed by atoms with Gasteiger partial charge in [0.25, 0.3) is 5.56 Å². The predicted octanol–water partition coefficient (Wildman–Crippen LogP) is 5.99. The topological polar surface area (TPSA) is 121 Å². The minimum Gasteiger partial charge on any atom is -0.480 e. The summed E-state index contributed by atoms with van der Waals surface area (Å²) in [7, 11) is 2.84. The van der Waals surface area contributed by atoms with Crippen LogP contribution in [0.5, 0.6) is 5.88 Å². The number of anilines is 2. The highest BCUT2D eigenvalue weighted by atomic mass is 35.5. The van der Waals surface area contributed by atoms with E-state index in [-0.39, 0.29) is 39.7 Å². The van der Waals surface area contributed by atoms with Gasteiger partial charge in [0.1, 0.15) is 17.2 Å². The maximum atomic E-state index is 13.6. The summed E-state index contributed by atoms with van der Waals surface area (Å²) in [5.74, 6) is -0.0584. The van der Waals surface area contributed by atoms with Crippen molar-refractivity contribution in [2.24, 2.45) is 12.8 Å². The van der Waals surface area contributed by atoms with Crippen molar-refractivity contribution in [3.63, 3.8) is 0 Å². The van der Waals surface area contributed by atoms with Crippen LogP contribution in [-0.4, -0.2) is 31.8 Å². The molecular formula is C27H20Cl2F3N7O2. The van der Waals surface area contributed by atoms with E-state index in [1.807, 2.05) is 0 Å². The number of fused-ring (bicyclic) bond motifs is 1. The van der Waals surface area contributed by atoms with Crippen LogP contribution in [-0.2, 0) is 19.8 Å². The number of pyridine rings is 1. The van der Waals surface area contributed by atoms with Gasteiger partial charge in [0.05, 0.1) is 46.3 Å². The second kappa shape index (κ2) is 11.0. The average molecular weight is 602 g/mol. The summed E-state index contributed by atoms with van der Waals surface area (Å²) in [6, 6.07) is 10.9. The summed E-state index contributed by atoms with van der Waals surface area (Å²) in [6.07, 6.45) is -2.08. The molecule has 0 spiro atoms. The van der Waals surface area contributed by atoms with Crippen LogP contribution in [0.3, 0.4) is 0 Å². The SMILES string of the molecule is COc1nc(-c2cccc(-c3cccc(Nc4nc(C(F)(F)F)cc5cnn(C)c(=O)c45)c3Cl)c2Cl)cnc1CN. The van der Waals surface area contributed by atoms with E-state index in [2.05, 4.69) is 25.4 Å². The largest absolute Gasteiger partial charge is 0.480 e. The number of nitrogens with two attached hydrogens (primary N) is 1. The number of hydrogen-bond donors (Lipinski definition) is 2. The summed E-state index contributed by atoms with van der Waals surface area (Å²) >= 11 is 13.6. The molecule has 0 amide bonds. The van der Waals surface area contributed by atoms with Crippen molar-refractivity contribution >= 4 is 45.5 Å². The second-order valence-corrected chi connectivity index (χ2v) is 9.52. The van der Waals surface area contributed by atoms with E-state index in [9.17, 15) is 18.0 Å². The molecule has 5 rings (SSSR count). The molecule has 3 N–H and O–H groups in total. The Balaban J connectivity index is 1.62. The molecule has 0 aliphatic carbocycles. The number of aryl methyl sites for hydroxylation is 1. The summed E-state index contributed by atoms with van der Waals surface area (Å²) < 4.78 is 47.2. The van der Waals surface area contributed by atoms with Gasteiger partial charge in [-0.25, -0.2) is 14.6 Å². The lowest BCUT2D eigenvalue weighted by Crippen LogP contribution is -2.21. The van der Waals surface area contributed by atoms with Gasteiger partial charge in [-0.05, 0) is 12.1 Å². The fourth-order valence-electron chi connectivity index (χ4n) is 4.22. The molecule has 41 heavy (non-hydrogen) atoms. The Morgan fingerprint density at radius 1 is 1.02 bits per heavy atom. The molecule has 0 aliphatic heterocycles. The van der Waals surface area contributed by atoms with E-state index in [1.54, 1.807) is 36.4 Å². The van der Waals surface area contributed by atoms with Crippen molar-refractivity contribution in [3.05, 3.63) is 86.6 Å². The molecule has 0 unspecified atom stereocenters. The number of aromatic nitrogens is 5. The van der Waals surface area contributed by atoms with E-state index in [4.69, 9.17) is 33.7 Å². The highest BCUT2D eigenvalue weighted by Gasteiger charge is 2.34.